The summed E-state index contributed by atoms with van der Waals surface area (Å²) in [6.07, 6.45) is 0.930. The molecule has 1 fully saturated rings. The first-order chi connectivity index (χ1) is 11.0. The van der Waals surface area contributed by atoms with E-state index in [1.165, 1.54) is 19.2 Å². The lowest BCUT2D eigenvalue weighted by molar-refractivity contribution is -0.384. The van der Waals surface area contributed by atoms with Crippen molar-refractivity contribution in [2.45, 2.75) is 19.8 Å². The molecule has 0 unspecified atom stereocenters. The molecule has 23 heavy (non-hydrogen) atoms. The monoisotopic (exact) mass is 326 g/mol. The maximum Gasteiger partial charge on any atom is 0.309 e. The number of nitro benzene ring substituents is 1. The molecule has 1 aromatic carbocycles. The highest BCUT2D eigenvalue weighted by Crippen LogP contribution is 2.38. The van der Waals surface area contributed by atoms with Crippen LogP contribution in [-0.4, -0.2) is 37.7 Å². The first-order valence-electron chi connectivity index (χ1n) is 7.42. The summed E-state index contributed by atoms with van der Waals surface area (Å²) in [7, 11) is 1.31. The van der Waals surface area contributed by atoms with Crippen molar-refractivity contribution in [1.82, 2.24) is 0 Å². The van der Waals surface area contributed by atoms with Gasteiger partial charge in [-0.3, -0.25) is 14.9 Å². The summed E-state index contributed by atoms with van der Waals surface area (Å²) in [4.78, 5) is 23.9. The van der Waals surface area contributed by atoms with Gasteiger partial charge < -0.3 is 14.4 Å². The van der Waals surface area contributed by atoms with E-state index in [9.17, 15) is 19.3 Å². The second-order valence-electron chi connectivity index (χ2n) is 5.22. The lowest BCUT2D eigenvalue weighted by atomic mass is 9.96. The molecule has 0 radical (unpaired) electrons. The second kappa shape index (κ2) is 7.26. The maximum absolute atomic E-state index is 14.5. The number of nitro groups is 1. The molecule has 1 aliphatic rings. The Balaban J connectivity index is 2.23. The molecule has 0 saturated carbocycles. The number of halogens is 1. The van der Waals surface area contributed by atoms with E-state index in [-0.39, 0.29) is 29.0 Å². The molecule has 1 saturated heterocycles. The van der Waals surface area contributed by atoms with Crippen LogP contribution in [-0.2, 0) is 9.53 Å². The summed E-state index contributed by atoms with van der Waals surface area (Å²) < 4.78 is 24.4. The highest BCUT2D eigenvalue weighted by Gasteiger charge is 2.32. The summed E-state index contributed by atoms with van der Waals surface area (Å²) in [5, 5.41) is 11.2. The number of hydrogen-bond acceptors (Lipinski definition) is 6. The van der Waals surface area contributed by atoms with Gasteiger partial charge in [-0.25, -0.2) is 4.39 Å². The van der Waals surface area contributed by atoms with Crippen molar-refractivity contribution < 1.29 is 23.6 Å². The average molecular weight is 326 g/mol. The van der Waals surface area contributed by atoms with Gasteiger partial charge in [0.2, 0.25) is 0 Å². The molecule has 126 valence electrons. The Morgan fingerprint density at radius 3 is 2.61 bits per heavy atom. The van der Waals surface area contributed by atoms with Gasteiger partial charge >= 0.3 is 5.97 Å². The molecule has 1 aliphatic heterocycles. The molecule has 2 rings (SSSR count). The van der Waals surface area contributed by atoms with E-state index in [1.54, 1.807) is 11.8 Å². The molecule has 1 heterocycles. The summed E-state index contributed by atoms with van der Waals surface area (Å²) in [6.45, 7) is 2.74. The molecule has 0 spiro atoms. The molecule has 0 aromatic heterocycles. The molecular weight excluding hydrogens is 307 g/mol. The Labute approximate surface area is 133 Å². The van der Waals surface area contributed by atoms with Gasteiger partial charge in [0.25, 0.3) is 5.69 Å². The van der Waals surface area contributed by atoms with Gasteiger partial charge in [-0.2, -0.15) is 0 Å². The first-order valence-corrected chi connectivity index (χ1v) is 7.42. The number of anilines is 1. The number of carbonyl (C=O) groups excluding carboxylic acids is 1. The number of benzene rings is 1. The van der Waals surface area contributed by atoms with Gasteiger partial charge in [-0.1, -0.05) is 0 Å². The van der Waals surface area contributed by atoms with Crippen LogP contribution in [0.15, 0.2) is 12.1 Å². The van der Waals surface area contributed by atoms with Crippen LogP contribution in [0, 0.1) is 21.8 Å². The van der Waals surface area contributed by atoms with Crippen LogP contribution in [0.3, 0.4) is 0 Å². The summed E-state index contributed by atoms with van der Waals surface area (Å²) in [5.74, 6) is -1.32. The topological polar surface area (TPSA) is 81.9 Å². The van der Waals surface area contributed by atoms with Crippen molar-refractivity contribution in [2.75, 3.05) is 31.7 Å². The Bertz CT molecular complexity index is 600. The van der Waals surface area contributed by atoms with Crippen LogP contribution in [0.25, 0.3) is 0 Å². The van der Waals surface area contributed by atoms with Gasteiger partial charge in [-0.15, -0.1) is 0 Å². The lowest BCUT2D eigenvalue weighted by Crippen LogP contribution is -2.37. The van der Waals surface area contributed by atoms with Gasteiger partial charge in [0.05, 0.1) is 24.6 Å². The maximum atomic E-state index is 14.5. The standard InChI is InChI=1S/C15H19FN2O5/c1-3-23-15(19)10-6-8-17(9-7-10)14-11(18(20)21)4-5-12(22-2)13(14)16/h4-5,10H,3,6-9H2,1-2H3. The average Bonchev–Trinajstić information content (AvgIpc) is 2.54. The highest BCUT2D eigenvalue weighted by molar-refractivity contribution is 5.73. The molecule has 0 atom stereocenters. The van der Waals surface area contributed by atoms with Crippen molar-refractivity contribution in [2.24, 2.45) is 5.92 Å². The fraction of sp³-hybridized carbons (Fsp3) is 0.533. The van der Waals surface area contributed by atoms with Gasteiger partial charge in [-0.05, 0) is 25.8 Å². The van der Waals surface area contributed by atoms with Crippen molar-refractivity contribution >= 4 is 17.3 Å². The van der Waals surface area contributed by atoms with Crippen molar-refractivity contribution in [1.29, 1.82) is 0 Å². The second-order valence-corrected chi connectivity index (χ2v) is 5.22. The summed E-state index contributed by atoms with van der Waals surface area (Å²) in [6, 6.07) is 2.47. The minimum atomic E-state index is -0.753. The predicted octanol–water partition coefficient (Wildman–Crippen LogP) is 2.52. The van der Waals surface area contributed by atoms with Crippen LogP contribution in [0.5, 0.6) is 5.75 Å². The lowest BCUT2D eigenvalue weighted by Gasteiger charge is -2.32. The van der Waals surface area contributed by atoms with Crippen LogP contribution in [0.1, 0.15) is 19.8 Å². The Morgan fingerprint density at radius 1 is 1.43 bits per heavy atom. The molecule has 0 amide bonds. The molecule has 0 N–H and O–H groups in total. The number of nitrogens with zero attached hydrogens (tertiary/aromatic N) is 2. The molecule has 8 heteroatoms. The third-order valence-electron chi connectivity index (χ3n) is 3.91. The number of esters is 1. The van der Waals surface area contributed by atoms with E-state index in [2.05, 4.69) is 0 Å². The van der Waals surface area contributed by atoms with Gasteiger partial charge in [0.15, 0.2) is 17.3 Å². The minimum absolute atomic E-state index is 0.0434. The van der Waals surface area contributed by atoms with E-state index in [4.69, 9.17) is 9.47 Å². The van der Waals surface area contributed by atoms with E-state index in [0.29, 0.717) is 32.5 Å². The zero-order chi connectivity index (χ0) is 17.0. The Morgan fingerprint density at radius 2 is 2.09 bits per heavy atom. The van der Waals surface area contributed by atoms with E-state index < -0.39 is 10.7 Å². The van der Waals surface area contributed by atoms with E-state index in [1.807, 2.05) is 0 Å². The van der Waals surface area contributed by atoms with Crippen molar-refractivity contribution in [3.63, 3.8) is 0 Å². The van der Waals surface area contributed by atoms with Crippen molar-refractivity contribution in [3.8, 4) is 5.75 Å². The zero-order valence-corrected chi connectivity index (χ0v) is 13.1. The normalized spacial score (nSPS) is 15.3. The summed E-state index contributed by atoms with van der Waals surface area (Å²) in [5.41, 5.74) is -0.394. The van der Waals surface area contributed by atoms with Gasteiger partial charge in [0, 0.05) is 19.2 Å². The fourth-order valence-electron chi connectivity index (χ4n) is 2.74. The molecule has 7 nitrogen and oxygen atoms in total. The van der Waals surface area contributed by atoms with Crippen molar-refractivity contribution in [3.05, 3.63) is 28.1 Å². The number of hydrogen-bond donors (Lipinski definition) is 0. The quantitative estimate of drug-likeness (QED) is 0.470. The fourth-order valence-corrected chi connectivity index (χ4v) is 2.74. The van der Waals surface area contributed by atoms with E-state index >= 15 is 0 Å². The molecular formula is C15H19FN2O5. The first kappa shape index (κ1) is 17.0. The number of rotatable bonds is 5. The zero-order valence-electron chi connectivity index (χ0n) is 13.1. The van der Waals surface area contributed by atoms with Crippen LogP contribution < -0.4 is 9.64 Å². The molecule has 0 aliphatic carbocycles. The minimum Gasteiger partial charge on any atom is -0.494 e. The third kappa shape index (κ3) is 3.52. The van der Waals surface area contributed by atoms with Crippen LogP contribution in [0.2, 0.25) is 0 Å². The number of methoxy groups -OCH3 is 1. The smallest absolute Gasteiger partial charge is 0.309 e. The van der Waals surface area contributed by atoms with Gasteiger partial charge in [0.1, 0.15) is 0 Å². The largest absolute Gasteiger partial charge is 0.494 e. The third-order valence-corrected chi connectivity index (χ3v) is 3.91. The van der Waals surface area contributed by atoms with Crippen LogP contribution >= 0.6 is 0 Å². The highest BCUT2D eigenvalue weighted by atomic mass is 19.1. The molecule has 1 aromatic rings. The van der Waals surface area contributed by atoms with Crippen LogP contribution in [0.4, 0.5) is 15.8 Å². The Kier molecular flexibility index (Phi) is 5.36. The predicted molar refractivity (Wildman–Crippen MR) is 81.2 cm³/mol. The molecule has 0 bridgehead atoms. The number of ether oxygens (including phenoxy) is 2. The SMILES string of the molecule is CCOC(=O)C1CCN(c2c([N+](=O)[O-])ccc(OC)c2F)CC1. The Hall–Kier alpha value is -2.38. The van der Waals surface area contributed by atoms with E-state index in [0.717, 1.165) is 0 Å². The summed E-state index contributed by atoms with van der Waals surface area (Å²) >= 11 is 0. The number of carbonyl (C=O) groups is 1. The number of piperidine rings is 1.